The average molecular weight is 783 g/mol. The molecule has 21 unspecified atom stereocenters. The van der Waals surface area contributed by atoms with E-state index in [1.165, 1.54) is 0 Å². The maximum atomic E-state index is 12.6. The molecule has 0 aromatic rings. The predicted molar refractivity (Wildman–Crippen MR) is 189 cm³/mol. The fraction of sp³-hybridized carbons (Fsp3) is 0.925. The maximum Gasteiger partial charge on any atom is 0.331 e. The van der Waals surface area contributed by atoms with Crippen LogP contribution in [-0.4, -0.2) is 135 Å². The van der Waals surface area contributed by atoms with Gasteiger partial charge in [-0.2, -0.15) is 0 Å². The molecule has 21 atom stereocenters. The summed E-state index contributed by atoms with van der Waals surface area (Å²) in [7, 11) is 0. The van der Waals surface area contributed by atoms with Crippen molar-refractivity contribution >= 4 is 5.97 Å². The summed E-state index contributed by atoms with van der Waals surface area (Å²) in [5.41, 5.74) is -0.929. The van der Waals surface area contributed by atoms with Crippen molar-refractivity contribution in [3.05, 3.63) is 11.6 Å². The Labute approximate surface area is 322 Å². The molecule has 15 heteroatoms. The molecule has 0 bridgehead atoms. The number of rotatable bonds is 7. The van der Waals surface area contributed by atoms with Crippen LogP contribution in [0.5, 0.6) is 0 Å². The number of cyclic esters (lactones) is 1. The second kappa shape index (κ2) is 15.1. The highest BCUT2D eigenvalue weighted by Gasteiger charge is 2.71. The Morgan fingerprint density at radius 2 is 1.44 bits per heavy atom. The van der Waals surface area contributed by atoms with E-state index in [4.69, 9.17) is 37.9 Å². The summed E-state index contributed by atoms with van der Waals surface area (Å²) in [6.07, 6.45) is -2.43. The van der Waals surface area contributed by atoms with E-state index in [0.717, 1.165) is 44.1 Å². The molecule has 312 valence electrons. The molecule has 4 aliphatic heterocycles. The number of carbonyl (C=O) groups excluding carboxylic acids is 1. The lowest BCUT2D eigenvalue weighted by atomic mass is 9.42. The van der Waals surface area contributed by atoms with Crippen LogP contribution < -0.4 is 0 Å². The standard InChI is InChI=1S/C40H62O15/c1-18-33(45)27(41)15-32(49-18)53-35-20(3)51-37(55-36(35)46)54-34-19(2)50-31(16-28(34)42)52-23-8-10-38(4)22(13-23)6-7-25-26(38)14-29(43)39(5)24(9-11-40(25,39)47)21-12-30(44)48-17-21/h12,18-20,22-29,31-37,41-43,45-47H,6-11,13-17H2,1-5H3. The van der Waals surface area contributed by atoms with Crippen LogP contribution in [0.4, 0.5) is 0 Å². The van der Waals surface area contributed by atoms with Crippen molar-refractivity contribution in [1.82, 2.24) is 0 Å². The predicted octanol–water partition coefficient (Wildman–Crippen LogP) is 1.76. The van der Waals surface area contributed by atoms with Crippen LogP contribution in [0, 0.1) is 34.5 Å². The Bertz CT molecular complexity index is 1410. The Balaban J connectivity index is 0.837. The fourth-order valence-electron chi connectivity index (χ4n) is 12.4. The molecule has 3 saturated heterocycles. The zero-order chi connectivity index (χ0) is 39.2. The highest BCUT2D eigenvalue weighted by atomic mass is 16.9. The van der Waals surface area contributed by atoms with E-state index >= 15 is 0 Å². The first kappa shape index (κ1) is 40.5. The van der Waals surface area contributed by atoms with Crippen molar-refractivity contribution in [2.24, 2.45) is 34.5 Å². The van der Waals surface area contributed by atoms with Gasteiger partial charge in [0.15, 0.2) is 18.9 Å². The summed E-state index contributed by atoms with van der Waals surface area (Å²) in [5, 5.41) is 66.5. The third-order valence-corrected chi connectivity index (χ3v) is 15.6. The minimum absolute atomic E-state index is 0.0189. The largest absolute Gasteiger partial charge is 0.458 e. The molecule has 8 rings (SSSR count). The number of esters is 1. The molecule has 15 nitrogen and oxygen atoms in total. The van der Waals surface area contributed by atoms with Crippen molar-refractivity contribution in [2.75, 3.05) is 6.61 Å². The molecule has 0 spiro atoms. The van der Waals surface area contributed by atoms with Gasteiger partial charge in [-0.25, -0.2) is 4.79 Å². The number of fused-ring (bicyclic) bond motifs is 5. The van der Waals surface area contributed by atoms with Crippen molar-refractivity contribution in [2.45, 2.75) is 191 Å². The first-order valence-corrected chi connectivity index (χ1v) is 20.6. The molecular formula is C40H62O15. The Morgan fingerprint density at radius 3 is 2.13 bits per heavy atom. The smallest absolute Gasteiger partial charge is 0.331 e. The lowest BCUT2D eigenvalue weighted by Crippen LogP contribution is -2.67. The van der Waals surface area contributed by atoms with Gasteiger partial charge in [0.25, 0.3) is 6.48 Å². The van der Waals surface area contributed by atoms with Crippen molar-refractivity contribution in [3.63, 3.8) is 0 Å². The van der Waals surface area contributed by atoms with Gasteiger partial charge >= 0.3 is 5.97 Å². The number of carbonyl (C=O) groups is 1. The van der Waals surface area contributed by atoms with Crippen LogP contribution in [0.1, 0.15) is 98.8 Å². The zero-order valence-corrected chi connectivity index (χ0v) is 32.6. The number of hydrogen-bond donors (Lipinski definition) is 6. The monoisotopic (exact) mass is 782 g/mol. The number of ether oxygens (including phenoxy) is 8. The second-order valence-corrected chi connectivity index (χ2v) is 18.4. The molecule has 0 aromatic carbocycles. The van der Waals surface area contributed by atoms with Gasteiger partial charge in [0.05, 0.1) is 48.3 Å². The molecule has 8 aliphatic rings. The van der Waals surface area contributed by atoms with Gasteiger partial charge in [0.2, 0.25) is 0 Å². The third-order valence-electron chi connectivity index (χ3n) is 15.6. The normalized spacial score (nSPS) is 55.5. The van der Waals surface area contributed by atoms with E-state index in [9.17, 15) is 35.4 Å². The van der Waals surface area contributed by atoms with Gasteiger partial charge in [-0.1, -0.05) is 13.8 Å². The van der Waals surface area contributed by atoms with Gasteiger partial charge in [0, 0.05) is 24.3 Å². The lowest BCUT2D eigenvalue weighted by Gasteiger charge is -2.65. The summed E-state index contributed by atoms with van der Waals surface area (Å²) in [6, 6.07) is 0. The van der Waals surface area contributed by atoms with Crippen LogP contribution in [-0.2, 0) is 42.7 Å². The van der Waals surface area contributed by atoms with E-state index < -0.39 is 91.3 Å². The quantitative estimate of drug-likeness (QED) is 0.161. The summed E-state index contributed by atoms with van der Waals surface area (Å²) >= 11 is 0. The van der Waals surface area contributed by atoms with E-state index in [-0.39, 0.29) is 54.7 Å². The van der Waals surface area contributed by atoms with Crippen molar-refractivity contribution < 1.29 is 73.3 Å². The van der Waals surface area contributed by atoms with Gasteiger partial charge in [0.1, 0.15) is 24.9 Å². The summed E-state index contributed by atoms with van der Waals surface area (Å²) in [4.78, 5) is 11.9. The van der Waals surface area contributed by atoms with Crippen molar-refractivity contribution in [1.29, 1.82) is 0 Å². The van der Waals surface area contributed by atoms with Crippen LogP contribution in [0.3, 0.4) is 0 Å². The van der Waals surface area contributed by atoms with Gasteiger partial charge in [-0.15, -0.1) is 0 Å². The molecule has 4 heterocycles. The molecule has 0 radical (unpaired) electrons. The molecule has 0 amide bonds. The van der Waals surface area contributed by atoms with Crippen molar-refractivity contribution in [3.8, 4) is 0 Å². The Hall–Kier alpha value is -1.31. The third kappa shape index (κ3) is 6.94. The Morgan fingerprint density at radius 1 is 0.727 bits per heavy atom. The summed E-state index contributed by atoms with van der Waals surface area (Å²) < 4.78 is 46.9. The van der Waals surface area contributed by atoms with Crippen LogP contribution >= 0.6 is 0 Å². The molecule has 0 aromatic heterocycles. The highest BCUT2D eigenvalue weighted by Crippen LogP contribution is 2.70. The summed E-state index contributed by atoms with van der Waals surface area (Å²) in [5.74, 6) is 0.154. The average Bonchev–Trinajstić information content (AvgIpc) is 3.67. The minimum Gasteiger partial charge on any atom is -0.458 e. The first-order chi connectivity index (χ1) is 26.0. The molecule has 4 saturated carbocycles. The molecular weight excluding hydrogens is 720 g/mol. The van der Waals surface area contributed by atoms with Crippen LogP contribution in [0.2, 0.25) is 0 Å². The number of aliphatic hydroxyl groups excluding tert-OH is 5. The van der Waals surface area contributed by atoms with E-state index in [1.54, 1.807) is 26.8 Å². The molecule has 55 heavy (non-hydrogen) atoms. The zero-order valence-electron chi connectivity index (χ0n) is 32.6. The van der Waals surface area contributed by atoms with Gasteiger partial charge < -0.3 is 63.8 Å². The number of aliphatic hydroxyl groups is 6. The first-order valence-electron chi connectivity index (χ1n) is 20.6. The SMILES string of the molecule is CC1OC(OC2C(C)OC(OC3C(O)CC(OC4CCC5(C)C(CCC6C5CC(O)C5(C)C(C7=CC(=O)OC7)CCC65O)C4)OC3C)OC2O)CC(O)C1O. The van der Waals surface area contributed by atoms with E-state index in [2.05, 4.69) is 6.92 Å². The molecule has 6 N–H and O–H groups in total. The maximum absolute atomic E-state index is 12.6. The summed E-state index contributed by atoms with van der Waals surface area (Å²) in [6.45, 7) is 8.40. The number of hydrogen-bond acceptors (Lipinski definition) is 15. The fourth-order valence-corrected chi connectivity index (χ4v) is 12.4. The van der Waals surface area contributed by atoms with E-state index in [0.29, 0.717) is 18.8 Å². The second-order valence-electron chi connectivity index (χ2n) is 18.4. The van der Waals surface area contributed by atoms with Crippen LogP contribution in [0.25, 0.3) is 0 Å². The molecule has 4 aliphatic carbocycles. The Kier molecular flexibility index (Phi) is 11.1. The highest BCUT2D eigenvalue weighted by molar-refractivity contribution is 5.85. The topological polar surface area (TPSA) is 212 Å². The van der Waals surface area contributed by atoms with Gasteiger partial charge in [-0.3, -0.25) is 4.74 Å². The van der Waals surface area contributed by atoms with Crippen LogP contribution in [0.15, 0.2) is 11.6 Å². The van der Waals surface area contributed by atoms with Gasteiger partial charge in [-0.05, 0) is 107 Å². The lowest BCUT2D eigenvalue weighted by molar-refractivity contribution is -0.437. The molecule has 7 fully saturated rings. The van der Waals surface area contributed by atoms with E-state index in [1.807, 2.05) is 6.92 Å². The minimum atomic E-state index is -1.45.